The van der Waals surface area contributed by atoms with Crippen molar-refractivity contribution in [2.24, 2.45) is 7.05 Å². The first-order chi connectivity index (χ1) is 17.2. The molecule has 0 bridgehead atoms. The van der Waals surface area contributed by atoms with Gasteiger partial charge < -0.3 is 14.4 Å². The number of pyridine rings is 2. The summed E-state index contributed by atoms with van der Waals surface area (Å²) in [5.74, 6) is 1.09. The summed E-state index contributed by atoms with van der Waals surface area (Å²) in [7, 11) is 3.22. The molecule has 1 aliphatic heterocycles. The molecule has 0 unspecified atom stereocenters. The molecule has 186 valence electrons. The van der Waals surface area contributed by atoms with Gasteiger partial charge in [-0.3, -0.25) is 9.36 Å². The van der Waals surface area contributed by atoms with E-state index in [0.29, 0.717) is 42.7 Å². The number of fused-ring (bicyclic) bond motifs is 1. The van der Waals surface area contributed by atoms with Gasteiger partial charge in [-0.1, -0.05) is 11.6 Å². The average Bonchev–Trinajstić information content (AvgIpc) is 2.86. The van der Waals surface area contributed by atoms with Gasteiger partial charge in [-0.05, 0) is 43.7 Å². The second-order valence-corrected chi connectivity index (χ2v) is 9.20. The molecule has 4 heterocycles. The van der Waals surface area contributed by atoms with Gasteiger partial charge in [-0.2, -0.15) is 0 Å². The monoisotopic (exact) mass is 509 g/mol. The lowest BCUT2D eigenvalue weighted by Gasteiger charge is -2.34. The number of ether oxygens (including phenoxy) is 2. The molecule has 1 atom stereocenters. The number of nitrogens with zero attached hydrogens (tertiary/aromatic N) is 5. The van der Waals surface area contributed by atoms with Crippen LogP contribution in [0.1, 0.15) is 23.2 Å². The van der Waals surface area contributed by atoms with Crippen LogP contribution in [0.5, 0.6) is 5.88 Å². The van der Waals surface area contributed by atoms with Crippen molar-refractivity contribution in [3.05, 3.63) is 74.7 Å². The molecule has 0 radical (unpaired) electrons. The number of aryl methyl sites for hydroxylation is 2. The fraction of sp³-hybridized carbons (Fsp3) is 0.308. The lowest BCUT2D eigenvalue weighted by atomic mass is 10.1. The van der Waals surface area contributed by atoms with E-state index in [1.807, 2.05) is 19.1 Å². The molecule has 0 N–H and O–H groups in total. The van der Waals surface area contributed by atoms with Crippen LogP contribution in [0.25, 0.3) is 22.2 Å². The van der Waals surface area contributed by atoms with Crippen molar-refractivity contribution in [2.45, 2.75) is 20.0 Å². The van der Waals surface area contributed by atoms with Crippen molar-refractivity contribution in [3.63, 3.8) is 0 Å². The number of morpholine rings is 1. The summed E-state index contributed by atoms with van der Waals surface area (Å²) >= 11 is 5.99. The maximum Gasteiger partial charge on any atom is 0.263 e. The predicted octanol–water partition coefficient (Wildman–Crippen LogP) is 4.39. The molecule has 5 rings (SSSR count). The van der Waals surface area contributed by atoms with Crippen molar-refractivity contribution < 1.29 is 13.9 Å². The number of aromatic nitrogens is 4. The summed E-state index contributed by atoms with van der Waals surface area (Å²) in [6.45, 7) is 5.19. The minimum absolute atomic E-state index is 0.188. The second-order valence-electron chi connectivity index (χ2n) is 8.76. The Labute approximate surface area is 212 Å². The van der Waals surface area contributed by atoms with Crippen LogP contribution >= 0.6 is 11.6 Å². The van der Waals surface area contributed by atoms with Crippen LogP contribution in [0.4, 0.5) is 10.2 Å². The molecular weight excluding hydrogens is 485 g/mol. The van der Waals surface area contributed by atoms with Gasteiger partial charge in [0.05, 0.1) is 30.3 Å². The number of benzene rings is 1. The molecular formula is C26H25ClFN5O3. The van der Waals surface area contributed by atoms with E-state index in [0.717, 1.165) is 11.3 Å². The predicted molar refractivity (Wildman–Crippen MR) is 136 cm³/mol. The van der Waals surface area contributed by atoms with Crippen LogP contribution in [0.15, 0.2) is 41.2 Å². The van der Waals surface area contributed by atoms with Gasteiger partial charge in [-0.15, -0.1) is 0 Å². The zero-order valence-electron chi connectivity index (χ0n) is 20.4. The van der Waals surface area contributed by atoms with E-state index >= 15 is 4.39 Å². The molecule has 36 heavy (non-hydrogen) atoms. The summed E-state index contributed by atoms with van der Waals surface area (Å²) in [6.07, 6.45) is -0.249. The number of methoxy groups -OCH3 is 1. The highest BCUT2D eigenvalue weighted by Crippen LogP contribution is 2.33. The summed E-state index contributed by atoms with van der Waals surface area (Å²) in [6, 6.07) is 9.94. The summed E-state index contributed by atoms with van der Waals surface area (Å²) < 4.78 is 27.9. The Balaban J connectivity index is 1.64. The molecule has 10 heteroatoms. The Morgan fingerprint density at radius 2 is 1.94 bits per heavy atom. The van der Waals surface area contributed by atoms with Crippen LogP contribution in [0.2, 0.25) is 5.02 Å². The minimum Gasteiger partial charge on any atom is -0.481 e. The van der Waals surface area contributed by atoms with E-state index in [4.69, 9.17) is 26.1 Å². The molecule has 1 aliphatic rings. The SMILES string of the molecule is COc1cc([C@H]2CN(c3cc4nc(C)n(C)c(=O)c4c(-c4ccc(Cl)cc4F)n3)CCO2)cc(C)n1. The summed E-state index contributed by atoms with van der Waals surface area (Å²) in [5.41, 5.74) is 2.35. The third kappa shape index (κ3) is 4.40. The van der Waals surface area contributed by atoms with Gasteiger partial charge >= 0.3 is 0 Å². The average molecular weight is 510 g/mol. The zero-order chi connectivity index (χ0) is 25.6. The molecule has 0 saturated carbocycles. The van der Waals surface area contributed by atoms with E-state index in [1.165, 1.54) is 16.7 Å². The van der Waals surface area contributed by atoms with E-state index in [1.54, 1.807) is 33.2 Å². The fourth-order valence-electron chi connectivity index (χ4n) is 4.43. The summed E-state index contributed by atoms with van der Waals surface area (Å²) in [5, 5.41) is 0.519. The van der Waals surface area contributed by atoms with Crippen LogP contribution in [-0.4, -0.2) is 46.3 Å². The molecule has 1 aromatic carbocycles. The smallest absolute Gasteiger partial charge is 0.263 e. The highest BCUT2D eigenvalue weighted by Gasteiger charge is 2.26. The molecule has 4 aromatic rings. The third-order valence-electron chi connectivity index (χ3n) is 6.38. The van der Waals surface area contributed by atoms with Crippen molar-refractivity contribution in [1.29, 1.82) is 0 Å². The molecule has 0 aliphatic carbocycles. The van der Waals surface area contributed by atoms with E-state index in [2.05, 4.69) is 14.9 Å². The Hall–Kier alpha value is -3.56. The fourth-order valence-corrected chi connectivity index (χ4v) is 4.59. The van der Waals surface area contributed by atoms with Gasteiger partial charge in [0.25, 0.3) is 5.56 Å². The van der Waals surface area contributed by atoms with Gasteiger partial charge in [-0.25, -0.2) is 19.3 Å². The molecule has 0 spiro atoms. The van der Waals surface area contributed by atoms with Gasteiger partial charge in [0.15, 0.2) is 0 Å². The first kappa shape index (κ1) is 24.1. The van der Waals surface area contributed by atoms with E-state index in [9.17, 15) is 4.79 Å². The lowest BCUT2D eigenvalue weighted by molar-refractivity contribution is 0.0393. The topological polar surface area (TPSA) is 82.4 Å². The lowest BCUT2D eigenvalue weighted by Crippen LogP contribution is -2.39. The highest BCUT2D eigenvalue weighted by molar-refractivity contribution is 6.30. The molecule has 3 aromatic heterocycles. The van der Waals surface area contributed by atoms with Crippen LogP contribution in [0, 0.1) is 19.7 Å². The maximum atomic E-state index is 15.0. The van der Waals surface area contributed by atoms with Gasteiger partial charge in [0.2, 0.25) is 5.88 Å². The first-order valence-corrected chi connectivity index (χ1v) is 11.9. The standard InChI is InChI=1S/C26H25ClFN5O3/c1-14-9-16(10-23(29-14)35-4)21-13-33(7-8-36-21)22-12-20-24(26(34)32(3)15(2)30-20)25(31-22)18-6-5-17(27)11-19(18)28/h5-6,9-12,21H,7-8,13H2,1-4H3/t21-/m1/s1. The Morgan fingerprint density at radius 1 is 1.14 bits per heavy atom. The second kappa shape index (κ2) is 9.48. The summed E-state index contributed by atoms with van der Waals surface area (Å²) in [4.78, 5) is 29.1. The van der Waals surface area contributed by atoms with E-state index < -0.39 is 5.82 Å². The molecule has 0 amide bonds. The minimum atomic E-state index is -0.560. The van der Waals surface area contributed by atoms with Crippen LogP contribution in [0.3, 0.4) is 0 Å². The number of anilines is 1. The first-order valence-electron chi connectivity index (χ1n) is 11.5. The molecule has 1 fully saturated rings. The van der Waals surface area contributed by atoms with Crippen molar-refractivity contribution in [3.8, 4) is 17.1 Å². The van der Waals surface area contributed by atoms with Gasteiger partial charge in [0.1, 0.15) is 23.6 Å². The number of hydrogen-bond donors (Lipinski definition) is 0. The molecule has 8 nitrogen and oxygen atoms in total. The Bertz CT molecular complexity index is 1540. The number of halogens is 2. The van der Waals surface area contributed by atoms with Crippen molar-refractivity contribution in [1.82, 2.24) is 19.5 Å². The number of rotatable bonds is 4. The van der Waals surface area contributed by atoms with Crippen LogP contribution in [-0.2, 0) is 11.8 Å². The Kier molecular flexibility index (Phi) is 6.36. The normalized spacial score (nSPS) is 15.9. The van der Waals surface area contributed by atoms with Crippen molar-refractivity contribution >= 4 is 28.3 Å². The van der Waals surface area contributed by atoms with Crippen molar-refractivity contribution in [2.75, 3.05) is 31.7 Å². The zero-order valence-corrected chi connectivity index (χ0v) is 21.1. The highest BCUT2D eigenvalue weighted by atomic mass is 35.5. The largest absolute Gasteiger partial charge is 0.481 e. The third-order valence-corrected chi connectivity index (χ3v) is 6.62. The maximum absolute atomic E-state index is 15.0. The Morgan fingerprint density at radius 3 is 2.69 bits per heavy atom. The van der Waals surface area contributed by atoms with E-state index in [-0.39, 0.29) is 33.3 Å². The number of hydrogen-bond acceptors (Lipinski definition) is 7. The molecule has 1 saturated heterocycles. The van der Waals surface area contributed by atoms with Gasteiger partial charge in [0, 0.05) is 48.5 Å². The van der Waals surface area contributed by atoms with Crippen LogP contribution < -0.4 is 15.2 Å². The quantitative estimate of drug-likeness (QED) is 0.403.